The molecule has 3 aromatic rings. The predicted molar refractivity (Wildman–Crippen MR) is 119 cm³/mol. The second-order valence-electron chi connectivity index (χ2n) is 8.48. The van der Waals surface area contributed by atoms with Gasteiger partial charge >= 0.3 is 0 Å². The minimum absolute atomic E-state index is 0.0218. The highest BCUT2D eigenvalue weighted by Crippen LogP contribution is 2.46. The normalized spacial score (nSPS) is 18.7. The Morgan fingerprint density at radius 3 is 2.62 bits per heavy atom. The number of anilines is 3. The molecule has 1 aliphatic heterocycles. The van der Waals surface area contributed by atoms with E-state index in [1.54, 1.807) is 17.3 Å². The van der Waals surface area contributed by atoms with Gasteiger partial charge in [0.2, 0.25) is 11.9 Å². The van der Waals surface area contributed by atoms with Crippen LogP contribution in [-0.2, 0) is 16.6 Å². The van der Waals surface area contributed by atoms with Crippen molar-refractivity contribution in [2.45, 2.75) is 62.6 Å². The molecular weight excluding hydrogens is 433 g/mol. The van der Waals surface area contributed by atoms with Gasteiger partial charge in [0.05, 0.1) is 11.9 Å². The molecule has 0 radical (unpaired) electrons. The van der Waals surface area contributed by atoms with Crippen molar-refractivity contribution in [2.24, 2.45) is 5.10 Å². The zero-order valence-corrected chi connectivity index (χ0v) is 18.6. The van der Waals surface area contributed by atoms with Crippen LogP contribution < -0.4 is 10.3 Å². The molecule has 1 aliphatic carbocycles. The summed E-state index contributed by atoms with van der Waals surface area (Å²) in [6.45, 7) is 3.95. The first kappa shape index (κ1) is 21.0. The highest BCUT2D eigenvalue weighted by molar-refractivity contribution is 7.79. The number of fused-ring (bicyclic) bond motifs is 4. The number of rotatable bonds is 4. The summed E-state index contributed by atoms with van der Waals surface area (Å²) in [4.78, 5) is 13.0. The monoisotopic (exact) mass is 456 g/mol. The second kappa shape index (κ2) is 7.89. The zero-order chi connectivity index (χ0) is 22.5. The summed E-state index contributed by atoms with van der Waals surface area (Å²) in [6, 6.07) is 4.93. The standard InChI is InChI=1S/C21H24FN7O2S/c1-13(2)29-17-10-14-11-24-20(25-15-6-7-16(23-12-15)32(30)31)26-18(14)28(17)21(19(22)27-29)8-4-3-5-9-21/h6-7,10-13H,3-5,8-9H2,1-2H3,(H,30,31)(H,24,25,26)/p-1. The molecule has 0 saturated heterocycles. The highest BCUT2D eigenvalue weighted by Gasteiger charge is 2.46. The third kappa shape index (κ3) is 3.36. The van der Waals surface area contributed by atoms with Gasteiger partial charge in [0.1, 0.15) is 22.0 Å². The number of hydrazone groups is 1. The lowest BCUT2D eigenvalue weighted by molar-refractivity contribution is 0.261. The Bertz CT molecular complexity index is 1220. The van der Waals surface area contributed by atoms with Gasteiger partial charge in [0.25, 0.3) is 0 Å². The number of pyridine rings is 1. The Labute approximate surface area is 187 Å². The van der Waals surface area contributed by atoms with Crippen LogP contribution in [0.3, 0.4) is 0 Å². The van der Waals surface area contributed by atoms with E-state index >= 15 is 4.39 Å². The van der Waals surface area contributed by atoms with E-state index in [2.05, 4.69) is 20.4 Å². The topological polar surface area (TPSA) is 111 Å². The fraction of sp³-hybridized carbons (Fsp3) is 0.429. The lowest BCUT2D eigenvalue weighted by Gasteiger charge is -2.43. The maximum Gasteiger partial charge on any atom is 0.234 e. The van der Waals surface area contributed by atoms with Gasteiger partial charge in [-0.1, -0.05) is 19.3 Å². The van der Waals surface area contributed by atoms with Gasteiger partial charge in [0.15, 0.2) is 0 Å². The van der Waals surface area contributed by atoms with Gasteiger partial charge in [-0.3, -0.25) is 8.78 Å². The molecule has 32 heavy (non-hydrogen) atoms. The Morgan fingerprint density at radius 2 is 1.97 bits per heavy atom. The van der Waals surface area contributed by atoms with Crippen molar-refractivity contribution in [1.29, 1.82) is 0 Å². The number of hydrogen-bond donors (Lipinski definition) is 1. The van der Waals surface area contributed by atoms with Gasteiger partial charge < -0.3 is 9.87 Å². The van der Waals surface area contributed by atoms with Crippen LogP contribution in [0.15, 0.2) is 40.7 Å². The van der Waals surface area contributed by atoms with Crippen LogP contribution in [0.25, 0.3) is 11.0 Å². The van der Waals surface area contributed by atoms with E-state index in [0.29, 0.717) is 30.1 Å². The largest absolute Gasteiger partial charge is 0.767 e. The van der Waals surface area contributed by atoms with Crippen LogP contribution in [0, 0.1) is 0 Å². The van der Waals surface area contributed by atoms with Crippen molar-refractivity contribution < 1.29 is 13.2 Å². The molecule has 2 aliphatic rings. The third-order valence-electron chi connectivity index (χ3n) is 6.10. The van der Waals surface area contributed by atoms with Gasteiger partial charge in [-0.05, 0) is 56.0 Å². The van der Waals surface area contributed by atoms with Crippen molar-refractivity contribution in [3.63, 3.8) is 0 Å². The van der Waals surface area contributed by atoms with Gasteiger partial charge in [-0.25, -0.2) is 15.0 Å². The summed E-state index contributed by atoms with van der Waals surface area (Å²) in [5, 5.41) is 9.87. The Balaban J connectivity index is 1.60. The lowest BCUT2D eigenvalue weighted by atomic mass is 9.81. The van der Waals surface area contributed by atoms with Crippen LogP contribution in [-0.4, -0.2) is 40.3 Å². The SMILES string of the molecule is CC(C)N1N=C(F)C2(CCCCC2)n2c1cc1cnc(Nc3ccc(S(=O)[O-])nc3)nc12. The van der Waals surface area contributed by atoms with Crippen molar-refractivity contribution in [1.82, 2.24) is 19.5 Å². The number of aromatic nitrogens is 4. The molecule has 4 heterocycles. The summed E-state index contributed by atoms with van der Waals surface area (Å²) >= 11 is -2.39. The average molecular weight is 457 g/mol. The summed E-state index contributed by atoms with van der Waals surface area (Å²) in [6.07, 6.45) is 7.40. The summed E-state index contributed by atoms with van der Waals surface area (Å²) in [7, 11) is 0. The number of nitrogens with one attached hydrogen (secondary N) is 1. The summed E-state index contributed by atoms with van der Waals surface area (Å²) < 4.78 is 39.6. The average Bonchev–Trinajstić information content (AvgIpc) is 3.17. The number of hydrogen-bond acceptors (Lipinski definition) is 8. The van der Waals surface area contributed by atoms with Crippen molar-refractivity contribution in [3.05, 3.63) is 30.6 Å². The first-order valence-electron chi connectivity index (χ1n) is 10.6. The molecule has 1 atom stereocenters. The van der Waals surface area contributed by atoms with E-state index in [4.69, 9.17) is 4.98 Å². The first-order chi connectivity index (χ1) is 15.4. The molecule has 0 amide bonds. The molecule has 1 unspecified atom stereocenters. The summed E-state index contributed by atoms with van der Waals surface area (Å²) in [5.41, 5.74) is 0.363. The number of halogens is 1. The Kier molecular flexibility index (Phi) is 5.17. The summed E-state index contributed by atoms with van der Waals surface area (Å²) in [5.74, 6) is 0.768. The zero-order valence-electron chi connectivity index (χ0n) is 17.8. The lowest BCUT2D eigenvalue weighted by Crippen LogP contribution is -2.48. The molecule has 5 rings (SSSR count). The Hall–Kier alpha value is -2.92. The van der Waals surface area contributed by atoms with Crippen molar-refractivity contribution >= 4 is 45.5 Å². The minimum atomic E-state index is -2.39. The molecule has 0 bridgehead atoms. The van der Waals surface area contributed by atoms with Crippen molar-refractivity contribution in [2.75, 3.05) is 10.3 Å². The van der Waals surface area contributed by atoms with Crippen LogP contribution >= 0.6 is 0 Å². The maximum absolute atomic E-state index is 15.5. The van der Waals surface area contributed by atoms with Crippen LogP contribution in [0.1, 0.15) is 46.0 Å². The van der Waals surface area contributed by atoms with Crippen LogP contribution in [0.4, 0.5) is 21.8 Å². The third-order valence-corrected chi connectivity index (χ3v) is 6.68. The van der Waals surface area contributed by atoms with Crippen LogP contribution in [0.5, 0.6) is 0 Å². The highest BCUT2D eigenvalue weighted by atomic mass is 32.2. The molecular formula is C21H23FN7O2S-. The molecule has 168 valence electrons. The fourth-order valence-corrected chi connectivity index (χ4v) is 4.90. The van der Waals surface area contributed by atoms with E-state index < -0.39 is 16.6 Å². The smallest absolute Gasteiger partial charge is 0.234 e. The molecule has 11 heteroatoms. The molecule has 1 N–H and O–H groups in total. The molecule has 9 nitrogen and oxygen atoms in total. The van der Waals surface area contributed by atoms with Gasteiger partial charge in [-0.15, -0.1) is 5.10 Å². The fourth-order valence-electron chi connectivity index (χ4n) is 4.59. The Morgan fingerprint density at radius 1 is 1.19 bits per heavy atom. The van der Waals surface area contributed by atoms with E-state index in [9.17, 15) is 8.76 Å². The van der Waals surface area contributed by atoms with E-state index in [-0.39, 0.29) is 17.0 Å². The minimum Gasteiger partial charge on any atom is -0.767 e. The molecule has 1 spiro atoms. The first-order valence-corrected chi connectivity index (χ1v) is 11.7. The second-order valence-corrected chi connectivity index (χ2v) is 9.36. The molecule has 1 fully saturated rings. The van der Waals surface area contributed by atoms with Crippen LogP contribution in [0.2, 0.25) is 0 Å². The maximum atomic E-state index is 15.5. The van der Waals surface area contributed by atoms with E-state index in [1.807, 2.05) is 24.5 Å². The van der Waals surface area contributed by atoms with Crippen molar-refractivity contribution in [3.8, 4) is 0 Å². The molecule has 0 aromatic carbocycles. The molecule has 3 aromatic heterocycles. The quantitative estimate of drug-likeness (QED) is 0.591. The predicted octanol–water partition coefficient (Wildman–Crippen LogP) is 3.98. The van der Waals surface area contributed by atoms with Gasteiger partial charge in [-0.2, -0.15) is 9.37 Å². The van der Waals surface area contributed by atoms with E-state index in [0.717, 1.165) is 30.5 Å². The van der Waals surface area contributed by atoms with Gasteiger partial charge in [0, 0.05) is 17.6 Å². The van der Waals surface area contributed by atoms with E-state index in [1.165, 1.54) is 12.3 Å². The number of nitrogens with zero attached hydrogens (tertiary/aromatic N) is 6. The molecule has 1 saturated carbocycles.